The molecular weight excluding hydrogens is 430 g/mol. The Morgan fingerprint density at radius 1 is 1.25 bits per heavy atom. The lowest BCUT2D eigenvalue weighted by atomic mass is 10.2. The molecular formula is C22H21N5O4S. The molecule has 2 aromatic heterocycles. The van der Waals surface area contributed by atoms with Crippen molar-refractivity contribution >= 4 is 51.3 Å². The van der Waals surface area contributed by atoms with Gasteiger partial charge in [0.25, 0.3) is 0 Å². The van der Waals surface area contributed by atoms with E-state index in [0.717, 1.165) is 20.1 Å². The van der Waals surface area contributed by atoms with E-state index >= 15 is 0 Å². The monoisotopic (exact) mass is 451 g/mol. The number of carbonyl (C=O) groups excluding carboxylic acids is 1. The molecule has 0 aliphatic carbocycles. The third-order valence-corrected chi connectivity index (χ3v) is 4.81. The summed E-state index contributed by atoms with van der Waals surface area (Å²) in [5.41, 5.74) is 1.28. The number of anilines is 2. The lowest BCUT2D eigenvalue weighted by Crippen LogP contribution is -2.27. The van der Waals surface area contributed by atoms with E-state index in [9.17, 15) is 9.59 Å². The van der Waals surface area contributed by atoms with Crippen LogP contribution in [0.1, 0.15) is 31.5 Å². The maximum Gasteiger partial charge on any atom is 0.412 e. The largest absolute Gasteiger partial charge is 0.465 e. The Bertz CT molecular complexity index is 1230. The molecule has 32 heavy (non-hydrogen) atoms. The SMILES string of the molecule is CN(C(=O)O)c1cnc(C#CC=Cc2nc3ccc(NC(=O)OC(C)(C)C)cc3s2)cn1. The lowest BCUT2D eigenvalue weighted by Gasteiger charge is -2.19. The number of rotatable bonds is 3. The molecule has 0 radical (unpaired) electrons. The first-order valence-electron chi connectivity index (χ1n) is 9.48. The molecule has 9 nitrogen and oxygen atoms in total. The van der Waals surface area contributed by atoms with Gasteiger partial charge in [-0.2, -0.15) is 0 Å². The number of nitrogens with one attached hydrogen (secondary N) is 1. The summed E-state index contributed by atoms with van der Waals surface area (Å²) in [5, 5.41) is 12.4. The summed E-state index contributed by atoms with van der Waals surface area (Å²) in [6, 6.07) is 5.43. The number of aromatic nitrogens is 3. The quantitative estimate of drug-likeness (QED) is 0.558. The van der Waals surface area contributed by atoms with Crippen LogP contribution in [0.3, 0.4) is 0 Å². The summed E-state index contributed by atoms with van der Waals surface area (Å²) in [5.74, 6) is 5.90. The minimum absolute atomic E-state index is 0.216. The van der Waals surface area contributed by atoms with Crippen LogP contribution in [0.25, 0.3) is 16.3 Å². The second-order valence-electron chi connectivity index (χ2n) is 7.57. The van der Waals surface area contributed by atoms with Gasteiger partial charge >= 0.3 is 12.2 Å². The number of allylic oxidation sites excluding steroid dienone is 1. The zero-order valence-corrected chi connectivity index (χ0v) is 18.7. The maximum atomic E-state index is 11.9. The summed E-state index contributed by atoms with van der Waals surface area (Å²) in [7, 11) is 1.38. The van der Waals surface area contributed by atoms with Crippen molar-refractivity contribution in [3.63, 3.8) is 0 Å². The normalized spacial score (nSPS) is 11.1. The van der Waals surface area contributed by atoms with Gasteiger partial charge in [0.2, 0.25) is 0 Å². The topological polar surface area (TPSA) is 118 Å². The number of ether oxygens (including phenoxy) is 1. The van der Waals surface area contributed by atoms with Gasteiger partial charge in [0.1, 0.15) is 16.3 Å². The number of carbonyl (C=O) groups is 2. The summed E-state index contributed by atoms with van der Waals surface area (Å²) in [6.45, 7) is 5.42. The van der Waals surface area contributed by atoms with E-state index < -0.39 is 17.8 Å². The zero-order chi connectivity index (χ0) is 23.3. The smallest absolute Gasteiger partial charge is 0.412 e. The summed E-state index contributed by atoms with van der Waals surface area (Å²) >= 11 is 1.46. The standard InChI is InChI=1S/C22H21N5O4S/c1-22(2,3)31-20(28)25-14-9-10-16-17(11-14)32-19(26-16)8-6-5-7-15-12-24-18(13-23-15)27(4)21(29)30/h6,8-13H,1-4H3,(H,25,28)(H,29,30). The Morgan fingerprint density at radius 2 is 2.03 bits per heavy atom. The number of fused-ring (bicyclic) bond motifs is 1. The van der Waals surface area contributed by atoms with Crippen LogP contribution in [0.4, 0.5) is 21.1 Å². The maximum absolute atomic E-state index is 11.9. The second kappa shape index (κ2) is 9.45. The molecule has 164 valence electrons. The molecule has 2 amide bonds. The molecule has 3 aromatic rings. The van der Waals surface area contributed by atoms with Gasteiger partial charge < -0.3 is 9.84 Å². The van der Waals surface area contributed by atoms with Gasteiger partial charge in [-0.1, -0.05) is 5.92 Å². The number of amides is 2. The average molecular weight is 452 g/mol. The zero-order valence-electron chi connectivity index (χ0n) is 17.9. The molecule has 0 saturated heterocycles. The number of hydrogen-bond donors (Lipinski definition) is 2. The number of hydrogen-bond acceptors (Lipinski definition) is 7. The first-order valence-corrected chi connectivity index (χ1v) is 10.3. The Kier molecular flexibility index (Phi) is 6.70. The highest BCUT2D eigenvalue weighted by atomic mass is 32.1. The highest BCUT2D eigenvalue weighted by molar-refractivity contribution is 7.19. The fraction of sp³-hybridized carbons (Fsp3) is 0.227. The molecule has 0 spiro atoms. The highest BCUT2D eigenvalue weighted by Gasteiger charge is 2.16. The molecule has 2 heterocycles. The summed E-state index contributed by atoms with van der Waals surface area (Å²) in [4.78, 5) is 36.4. The molecule has 0 aliphatic heterocycles. The fourth-order valence-corrected chi connectivity index (χ4v) is 3.31. The first-order chi connectivity index (χ1) is 15.1. The van der Waals surface area contributed by atoms with Gasteiger partial charge in [0, 0.05) is 12.7 Å². The fourth-order valence-electron chi connectivity index (χ4n) is 2.40. The first kappa shape index (κ1) is 22.7. The predicted octanol–water partition coefficient (Wildman–Crippen LogP) is 4.61. The van der Waals surface area contributed by atoms with Crippen molar-refractivity contribution in [2.75, 3.05) is 17.3 Å². The average Bonchev–Trinajstić information content (AvgIpc) is 3.11. The van der Waals surface area contributed by atoms with Crippen molar-refractivity contribution in [3.05, 3.63) is 47.4 Å². The van der Waals surface area contributed by atoms with E-state index in [1.165, 1.54) is 30.8 Å². The summed E-state index contributed by atoms with van der Waals surface area (Å²) in [6.07, 6.45) is 4.55. The van der Waals surface area contributed by atoms with Gasteiger partial charge in [-0.05, 0) is 57.0 Å². The van der Waals surface area contributed by atoms with Crippen LogP contribution in [-0.4, -0.2) is 44.9 Å². The van der Waals surface area contributed by atoms with Gasteiger partial charge in [0.05, 0.1) is 22.6 Å². The van der Waals surface area contributed by atoms with Crippen LogP contribution in [0.15, 0.2) is 36.7 Å². The van der Waals surface area contributed by atoms with Gasteiger partial charge in [-0.15, -0.1) is 11.3 Å². The van der Waals surface area contributed by atoms with Crippen molar-refractivity contribution in [1.29, 1.82) is 0 Å². The van der Waals surface area contributed by atoms with Crippen molar-refractivity contribution in [3.8, 4) is 11.8 Å². The Balaban J connectivity index is 1.65. The van der Waals surface area contributed by atoms with E-state index in [1.807, 2.05) is 12.1 Å². The number of nitrogens with zero attached hydrogens (tertiary/aromatic N) is 4. The molecule has 10 heteroatoms. The van der Waals surface area contributed by atoms with E-state index in [4.69, 9.17) is 9.84 Å². The van der Waals surface area contributed by atoms with Gasteiger partial charge in [0.15, 0.2) is 5.82 Å². The minimum Gasteiger partial charge on any atom is -0.465 e. The number of thiazole rings is 1. The highest BCUT2D eigenvalue weighted by Crippen LogP contribution is 2.26. The molecule has 1 aromatic carbocycles. The molecule has 3 rings (SSSR count). The second-order valence-corrected chi connectivity index (χ2v) is 8.63. The molecule has 0 unspecified atom stereocenters. The molecule has 0 fully saturated rings. The van der Waals surface area contributed by atoms with Crippen LogP contribution in [-0.2, 0) is 4.74 Å². The van der Waals surface area contributed by atoms with E-state index in [1.54, 1.807) is 39.0 Å². The predicted molar refractivity (Wildman–Crippen MR) is 124 cm³/mol. The van der Waals surface area contributed by atoms with E-state index in [-0.39, 0.29) is 5.82 Å². The van der Waals surface area contributed by atoms with Crippen LogP contribution in [0, 0.1) is 11.8 Å². The van der Waals surface area contributed by atoms with E-state index in [2.05, 4.69) is 32.1 Å². The minimum atomic E-state index is -1.12. The van der Waals surface area contributed by atoms with Crippen molar-refractivity contribution in [2.24, 2.45) is 0 Å². The van der Waals surface area contributed by atoms with E-state index in [0.29, 0.717) is 11.4 Å². The van der Waals surface area contributed by atoms with Gasteiger partial charge in [-0.25, -0.2) is 24.5 Å². The Labute approximate surface area is 188 Å². The van der Waals surface area contributed by atoms with Crippen molar-refractivity contribution in [1.82, 2.24) is 15.0 Å². The molecule has 0 aliphatic rings. The number of carboxylic acid groups (broad SMARTS) is 1. The van der Waals surface area contributed by atoms with Crippen LogP contribution in [0.5, 0.6) is 0 Å². The van der Waals surface area contributed by atoms with Gasteiger partial charge in [-0.3, -0.25) is 10.2 Å². The third-order valence-electron chi connectivity index (χ3n) is 3.83. The third kappa shape index (κ3) is 6.26. The molecule has 0 saturated carbocycles. The lowest BCUT2D eigenvalue weighted by molar-refractivity contribution is 0.0636. The Hall–Kier alpha value is -3.97. The molecule has 0 atom stereocenters. The van der Waals surface area contributed by atoms with Crippen molar-refractivity contribution < 1.29 is 19.4 Å². The van der Waals surface area contributed by atoms with Crippen LogP contribution < -0.4 is 10.2 Å². The molecule has 2 N–H and O–H groups in total. The number of benzene rings is 1. The van der Waals surface area contributed by atoms with Crippen molar-refractivity contribution in [2.45, 2.75) is 26.4 Å². The summed E-state index contributed by atoms with van der Waals surface area (Å²) < 4.78 is 6.18. The van der Waals surface area contributed by atoms with Crippen LogP contribution in [0.2, 0.25) is 0 Å². The molecule has 0 bridgehead atoms. The Morgan fingerprint density at radius 3 is 2.69 bits per heavy atom. The van der Waals surface area contributed by atoms with Crippen LogP contribution >= 0.6 is 11.3 Å².